The number of amides is 2. The predicted molar refractivity (Wildman–Crippen MR) is 277 cm³/mol. The zero-order valence-electron chi connectivity index (χ0n) is 40.4. The van der Waals surface area contributed by atoms with Crippen LogP contribution in [0, 0.1) is 5.82 Å². The molecule has 3 aromatic heterocycles. The average molecular weight is 1040 g/mol. The van der Waals surface area contributed by atoms with Crippen molar-refractivity contribution in [2.24, 2.45) is 0 Å². The van der Waals surface area contributed by atoms with Crippen molar-refractivity contribution in [1.82, 2.24) is 34.6 Å². The van der Waals surface area contributed by atoms with Gasteiger partial charge in [0.2, 0.25) is 17.8 Å². The van der Waals surface area contributed by atoms with Gasteiger partial charge in [0.05, 0.1) is 33.5 Å². The Morgan fingerprint density at radius 2 is 1.69 bits per heavy atom. The first-order valence-corrected chi connectivity index (χ1v) is 27.8. The smallest absolute Gasteiger partial charge is 0.420 e. The van der Waals surface area contributed by atoms with Crippen molar-refractivity contribution in [1.29, 1.82) is 0 Å². The molecule has 3 saturated heterocycles. The second-order valence-corrected chi connectivity index (χ2v) is 22.8. The van der Waals surface area contributed by atoms with E-state index in [-0.39, 0.29) is 24.3 Å². The molecule has 0 aliphatic carbocycles. The Labute approximate surface area is 415 Å². The number of hydrogen-bond donors (Lipinski definition) is 3. The van der Waals surface area contributed by atoms with Crippen molar-refractivity contribution in [3.05, 3.63) is 92.4 Å². The van der Waals surface area contributed by atoms with Gasteiger partial charge >= 0.3 is 5.76 Å². The zero-order chi connectivity index (χ0) is 49.3. The number of nitrogens with one attached hydrogen (secondary N) is 3. The van der Waals surface area contributed by atoms with Gasteiger partial charge in [-0.05, 0) is 124 Å². The van der Waals surface area contributed by atoms with Crippen LogP contribution >= 0.6 is 23.1 Å². The van der Waals surface area contributed by atoms with Gasteiger partial charge in [0.15, 0.2) is 5.58 Å². The lowest BCUT2D eigenvalue weighted by Gasteiger charge is -2.43. The topological polar surface area (TPSA) is 180 Å². The lowest BCUT2D eigenvalue weighted by Crippen LogP contribution is -2.53. The summed E-state index contributed by atoms with van der Waals surface area (Å²) in [5.41, 5.74) is 6.78. The van der Waals surface area contributed by atoms with Crippen molar-refractivity contribution < 1.29 is 27.7 Å². The van der Waals surface area contributed by atoms with E-state index in [1.54, 1.807) is 19.5 Å². The van der Waals surface area contributed by atoms with E-state index in [0.717, 1.165) is 111 Å². The third-order valence-electron chi connectivity index (χ3n) is 13.8. The van der Waals surface area contributed by atoms with E-state index < -0.39 is 30.7 Å². The van der Waals surface area contributed by atoms with Crippen LogP contribution in [0.15, 0.2) is 68.4 Å². The number of anilines is 5. The maximum absolute atomic E-state index is 14.9. The van der Waals surface area contributed by atoms with Crippen molar-refractivity contribution in [2.75, 3.05) is 81.3 Å². The Hall–Kier alpha value is -5.68. The van der Waals surface area contributed by atoms with E-state index in [4.69, 9.17) is 19.1 Å². The first-order valence-electron chi connectivity index (χ1n) is 24.4. The lowest BCUT2D eigenvalue weighted by molar-refractivity contribution is -0.135. The Bertz CT molecular complexity index is 3050. The number of oxazole rings is 1. The largest absolute Gasteiger partial charge is 0.492 e. The summed E-state index contributed by atoms with van der Waals surface area (Å²) in [6.07, 6.45) is 6.97. The SMILES string of the molecule is CCOc1cc(N2CCC(N3CCN(CCCc4cc(F)cc5c4oc(=O)n5C4CCC(=O)NC4=O)CC3)CC2)c(CC)cc1Nc1ncc(Br)c(Nc2ccc3nc(CC)ccc3c2P(C)(C)=O)n1. The summed E-state index contributed by atoms with van der Waals surface area (Å²) in [4.78, 5) is 59.0. The van der Waals surface area contributed by atoms with E-state index in [9.17, 15) is 23.3 Å². The molecule has 19 heteroatoms. The molecule has 0 radical (unpaired) electrons. The number of rotatable bonds is 16. The highest BCUT2D eigenvalue weighted by molar-refractivity contribution is 9.10. The van der Waals surface area contributed by atoms with Gasteiger partial charge < -0.3 is 34.2 Å². The third kappa shape index (κ3) is 10.5. The minimum absolute atomic E-state index is 0.0970. The monoisotopic (exact) mass is 1040 g/mol. The number of benzene rings is 3. The van der Waals surface area contributed by atoms with E-state index in [0.29, 0.717) is 52.1 Å². The highest BCUT2D eigenvalue weighted by Crippen LogP contribution is 2.43. The summed E-state index contributed by atoms with van der Waals surface area (Å²) in [7, 11) is -2.75. The van der Waals surface area contributed by atoms with Crippen molar-refractivity contribution in [3.8, 4) is 5.75 Å². The van der Waals surface area contributed by atoms with E-state index in [2.05, 4.69) is 77.5 Å². The normalized spacial score (nSPS) is 17.6. The molecule has 2 amide bonds. The van der Waals surface area contributed by atoms with E-state index >= 15 is 0 Å². The first kappa shape index (κ1) is 49.3. The van der Waals surface area contributed by atoms with Crippen LogP contribution in [0.5, 0.6) is 5.75 Å². The molecule has 0 spiro atoms. The first-order chi connectivity index (χ1) is 33.7. The molecule has 0 saturated carbocycles. The summed E-state index contributed by atoms with van der Waals surface area (Å²) in [5, 5.41) is 10.8. The molecule has 6 heterocycles. The Balaban J connectivity index is 0.810. The van der Waals surface area contributed by atoms with Crippen LogP contribution in [-0.2, 0) is 33.4 Å². The standard InChI is InChI=1S/C51H61BrFN10O6P/c1-6-31-27-40(57-50-54-30-37(52)48(59-50)56-39-14-13-38-36(47(39)70(4,5)67)12-11-34(7-2)55-38)44(68-8-3)29-42(31)62-20-17-35(18-21-62)61-24-22-60(23-25-61)19-9-10-32-26-33(53)28-43-46(32)69-51(66)63(43)41-15-16-45(64)58-49(41)65/h11-14,26-30,35,41H,6-10,15-25H2,1-5H3,(H,58,64,65)(H2,54,56,57,59). The van der Waals surface area contributed by atoms with Gasteiger partial charge in [0.1, 0.15) is 30.6 Å². The van der Waals surface area contributed by atoms with Crippen LogP contribution in [0.1, 0.15) is 75.7 Å². The fraction of sp³-hybridized carbons (Fsp3) is 0.451. The second kappa shape index (κ2) is 21.0. The molecule has 6 aromatic rings. The number of aromatic nitrogens is 4. The van der Waals surface area contributed by atoms with Crippen molar-refractivity contribution in [2.45, 2.75) is 84.2 Å². The zero-order valence-corrected chi connectivity index (χ0v) is 42.9. The van der Waals surface area contributed by atoms with Gasteiger partial charge in [-0.2, -0.15) is 4.98 Å². The number of halogens is 2. The van der Waals surface area contributed by atoms with Gasteiger partial charge in [-0.25, -0.2) is 14.2 Å². The highest BCUT2D eigenvalue weighted by atomic mass is 79.9. The summed E-state index contributed by atoms with van der Waals surface area (Å²) in [6, 6.07) is 14.4. The molecule has 370 valence electrons. The molecule has 9 rings (SSSR count). The highest BCUT2D eigenvalue weighted by Gasteiger charge is 2.33. The molecular weight excluding hydrogens is 979 g/mol. The minimum atomic E-state index is -2.75. The molecule has 1 unspecified atom stereocenters. The molecule has 3 N–H and O–H groups in total. The number of carbonyl (C=O) groups is 2. The van der Waals surface area contributed by atoms with Crippen LogP contribution in [0.4, 0.5) is 33.2 Å². The van der Waals surface area contributed by atoms with Gasteiger partial charge in [0, 0.05) is 97.7 Å². The van der Waals surface area contributed by atoms with Crippen LogP contribution in [0.3, 0.4) is 0 Å². The second-order valence-electron chi connectivity index (χ2n) is 18.8. The number of imide groups is 1. The molecule has 3 aliphatic rings. The molecule has 1 atom stereocenters. The predicted octanol–water partition coefficient (Wildman–Crippen LogP) is 8.29. The number of pyridine rings is 1. The van der Waals surface area contributed by atoms with Gasteiger partial charge in [-0.3, -0.25) is 29.4 Å². The van der Waals surface area contributed by atoms with Crippen LogP contribution in [0.25, 0.3) is 22.0 Å². The fourth-order valence-corrected chi connectivity index (χ4v) is 12.1. The molecule has 16 nitrogen and oxygen atoms in total. The summed E-state index contributed by atoms with van der Waals surface area (Å²) in [5.74, 6) is -0.568. The fourth-order valence-electron chi connectivity index (χ4n) is 10.3. The average Bonchev–Trinajstić information content (AvgIpc) is 3.67. The van der Waals surface area contributed by atoms with Gasteiger partial charge in [0.25, 0.3) is 0 Å². The minimum Gasteiger partial charge on any atom is -0.492 e. The summed E-state index contributed by atoms with van der Waals surface area (Å²) >= 11 is 3.64. The molecule has 3 aliphatic heterocycles. The quantitative estimate of drug-likeness (QED) is 0.0623. The summed E-state index contributed by atoms with van der Waals surface area (Å²) in [6.45, 7) is 16.8. The molecule has 0 bridgehead atoms. The van der Waals surface area contributed by atoms with Crippen molar-refractivity contribution >= 4 is 91.0 Å². The third-order valence-corrected chi connectivity index (χ3v) is 16.0. The van der Waals surface area contributed by atoms with Crippen LogP contribution in [0.2, 0.25) is 0 Å². The summed E-state index contributed by atoms with van der Waals surface area (Å²) < 4.78 is 42.4. The number of nitrogens with zero attached hydrogens (tertiary/aromatic N) is 7. The Morgan fingerprint density at radius 3 is 2.40 bits per heavy atom. The lowest BCUT2D eigenvalue weighted by atomic mass is 9.99. The number of piperazine rings is 1. The van der Waals surface area contributed by atoms with E-state index in [1.807, 2.05) is 31.2 Å². The molecule has 3 fully saturated rings. The van der Waals surface area contributed by atoms with Gasteiger partial charge in [-0.1, -0.05) is 19.9 Å². The maximum Gasteiger partial charge on any atom is 0.420 e. The molecule has 70 heavy (non-hydrogen) atoms. The molecule has 3 aromatic carbocycles. The number of carbonyl (C=O) groups excluding carboxylic acids is 2. The van der Waals surface area contributed by atoms with Gasteiger partial charge in [-0.15, -0.1) is 0 Å². The molecular formula is C51H61BrFN10O6P. The number of aryl methyl sites for hydroxylation is 3. The number of ether oxygens (including phenoxy) is 1. The number of fused-ring (bicyclic) bond motifs is 2. The number of piperidine rings is 2. The Morgan fingerprint density at radius 1 is 0.900 bits per heavy atom. The van der Waals surface area contributed by atoms with E-state index in [1.165, 1.54) is 28.0 Å². The Kier molecular flexibility index (Phi) is 14.8. The maximum atomic E-state index is 14.9. The number of hydrogen-bond acceptors (Lipinski definition) is 14. The van der Waals surface area contributed by atoms with Crippen molar-refractivity contribution in [3.63, 3.8) is 0 Å². The van der Waals surface area contributed by atoms with Crippen LogP contribution in [-0.4, -0.2) is 113 Å². The van der Waals surface area contributed by atoms with Crippen LogP contribution < -0.4 is 36.6 Å².